The highest BCUT2D eigenvalue weighted by atomic mass is 16.5. The van der Waals surface area contributed by atoms with Crippen LogP contribution >= 0.6 is 0 Å². The fourth-order valence-electron chi connectivity index (χ4n) is 2.85. The van der Waals surface area contributed by atoms with Crippen molar-refractivity contribution in [2.24, 2.45) is 5.92 Å². The van der Waals surface area contributed by atoms with Crippen LogP contribution in [0.4, 0.5) is 0 Å². The number of carbonyl (C=O) groups is 2. The van der Waals surface area contributed by atoms with E-state index in [4.69, 9.17) is 4.74 Å². The molecule has 1 aliphatic heterocycles. The molecule has 5 heteroatoms. The summed E-state index contributed by atoms with van der Waals surface area (Å²) in [5.41, 5.74) is 2.08. The molecule has 0 radical (unpaired) electrons. The van der Waals surface area contributed by atoms with Crippen LogP contribution in [0.15, 0.2) is 24.3 Å². The van der Waals surface area contributed by atoms with Crippen LogP contribution in [0.2, 0.25) is 0 Å². The molecular formula is C18H25NO4. The van der Waals surface area contributed by atoms with Gasteiger partial charge in [0.1, 0.15) is 0 Å². The van der Waals surface area contributed by atoms with E-state index in [9.17, 15) is 14.7 Å². The highest BCUT2D eigenvalue weighted by Crippen LogP contribution is 2.15. The van der Waals surface area contributed by atoms with Crippen LogP contribution in [0.1, 0.15) is 36.8 Å². The van der Waals surface area contributed by atoms with Crippen molar-refractivity contribution in [2.75, 3.05) is 13.2 Å². The highest BCUT2D eigenvalue weighted by Gasteiger charge is 2.21. The second-order valence-electron chi connectivity index (χ2n) is 6.23. The van der Waals surface area contributed by atoms with Crippen molar-refractivity contribution >= 4 is 11.9 Å². The van der Waals surface area contributed by atoms with E-state index in [-0.39, 0.29) is 18.6 Å². The Hall–Kier alpha value is -1.88. The zero-order valence-corrected chi connectivity index (χ0v) is 13.6. The zero-order chi connectivity index (χ0) is 16.7. The summed E-state index contributed by atoms with van der Waals surface area (Å²) in [6.07, 6.45) is 3.75. The molecule has 23 heavy (non-hydrogen) atoms. The minimum absolute atomic E-state index is 0.0243. The van der Waals surface area contributed by atoms with E-state index >= 15 is 0 Å². The number of benzene rings is 1. The summed E-state index contributed by atoms with van der Waals surface area (Å²) in [4.78, 5) is 23.4. The number of carboxylic acid groups (broad SMARTS) is 1. The number of carboxylic acids is 1. The first-order valence-electron chi connectivity index (χ1n) is 8.21. The summed E-state index contributed by atoms with van der Waals surface area (Å²) in [5, 5.41) is 12.1. The smallest absolute Gasteiger partial charge is 0.308 e. The predicted octanol–water partition coefficient (Wildman–Crippen LogP) is 2.31. The number of amides is 1. The van der Waals surface area contributed by atoms with Gasteiger partial charge in [0, 0.05) is 13.2 Å². The van der Waals surface area contributed by atoms with Gasteiger partial charge in [-0.2, -0.15) is 0 Å². The van der Waals surface area contributed by atoms with Crippen molar-refractivity contribution in [3.63, 3.8) is 0 Å². The van der Waals surface area contributed by atoms with Crippen LogP contribution < -0.4 is 5.32 Å². The quantitative estimate of drug-likeness (QED) is 0.808. The molecule has 1 saturated heterocycles. The first-order chi connectivity index (χ1) is 11.0. The molecule has 126 valence electrons. The number of carbonyl (C=O) groups excluding carboxylic acids is 1. The number of ether oxygens (including phenoxy) is 1. The minimum atomic E-state index is -0.888. The van der Waals surface area contributed by atoms with Gasteiger partial charge in [-0.3, -0.25) is 9.59 Å². The van der Waals surface area contributed by atoms with Gasteiger partial charge in [0.15, 0.2) is 0 Å². The number of rotatable bonds is 7. The van der Waals surface area contributed by atoms with Gasteiger partial charge in [0.2, 0.25) is 5.91 Å². The predicted molar refractivity (Wildman–Crippen MR) is 87.2 cm³/mol. The van der Waals surface area contributed by atoms with Crippen LogP contribution in [0.25, 0.3) is 0 Å². The van der Waals surface area contributed by atoms with Crippen molar-refractivity contribution in [1.29, 1.82) is 0 Å². The number of aryl methyl sites for hydroxylation is 1. The SMILES string of the molecule is Cc1cccc(CC(CNC(=O)CC2CCCCO2)C(=O)O)c1. The second kappa shape index (κ2) is 8.67. The van der Waals surface area contributed by atoms with Crippen LogP contribution in [0.5, 0.6) is 0 Å². The molecule has 1 amide bonds. The van der Waals surface area contributed by atoms with Gasteiger partial charge in [-0.15, -0.1) is 0 Å². The Morgan fingerprint density at radius 2 is 2.22 bits per heavy atom. The molecule has 2 N–H and O–H groups in total. The van der Waals surface area contributed by atoms with E-state index < -0.39 is 11.9 Å². The largest absolute Gasteiger partial charge is 0.481 e. The molecule has 1 aromatic rings. The zero-order valence-electron chi connectivity index (χ0n) is 13.6. The van der Waals surface area contributed by atoms with Crippen molar-refractivity contribution in [2.45, 2.75) is 45.1 Å². The fourth-order valence-corrected chi connectivity index (χ4v) is 2.85. The molecule has 0 aliphatic carbocycles. The van der Waals surface area contributed by atoms with E-state index in [2.05, 4.69) is 5.32 Å². The van der Waals surface area contributed by atoms with Crippen LogP contribution in [-0.4, -0.2) is 36.2 Å². The molecule has 0 bridgehead atoms. The Labute approximate surface area is 137 Å². The van der Waals surface area contributed by atoms with Gasteiger partial charge in [0.05, 0.1) is 18.4 Å². The lowest BCUT2D eigenvalue weighted by Crippen LogP contribution is -2.36. The highest BCUT2D eigenvalue weighted by molar-refractivity contribution is 5.77. The first kappa shape index (κ1) is 17.5. The maximum absolute atomic E-state index is 12.0. The Morgan fingerprint density at radius 3 is 2.87 bits per heavy atom. The third kappa shape index (κ3) is 6.02. The summed E-state index contributed by atoms with van der Waals surface area (Å²) in [5.74, 6) is -1.64. The standard InChI is InChI=1S/C18H25NO4/c1-13-5-4-6-14(9-13)10-15(18(21)22)12-19-17(20)11-16-7-2-3-8-23-16/h4-6,9,15-16H,2-3,7-8,10-12H2,1H3,(H,19,20)(H,21,22). The molecule has 1 aromatic carbocycles. The lowest BCUT2D eigenvalue weighted by atomic mass is 9.98. The molecule has 5 nitrogen and oxygen atoms in total. The summed E-state index contributed by atoms with van der Waals surface area (Å²) in [6.45, 7) is 2.84. The lowest BCUT2D eigenvalue weighted by Gasteiger charge is -2.22. The third-order valence-corrected chi connectivity index (χ3v) is 4.15. The van der Waals surface area contributed by atoms with Crippen LogP contribution in [0, 0.1) is 12.8 Å². The summed E-state index contributed by atoms with van der Waals surface area (Å²) in [7, 11) is 0. The number of hydrogen-bond donors (Lipinski definition) is 2. The average molecular weight is 319 g/mol. The number of aliphatic carboxylic acids is 1. The van der Waals surface area contributed by atoms with E-state index in [1.807, 2.05) is 31.2 Å². The summed E-state index contributed by atoms with van der Waals surface area (Å²) < 4.78 is 5.53. The molecule has 0 saturated carbocycles. The van der Waals surface area contributed by atoms with Crippen molar-refractivity contribution in [3.05, 3.63) is 35.4 Å². The van der Waals surface area contributed by atoms with Gasteiger partial charge in [-0.25, -0.2) is 0 Å². The topological polar surface area (TPSA) is 75.6 Å². The normalized spacial score (nSPS) is 19.1. The van der Waals surface area contributed by atoms with Gasteiger partial charge in [-0.05, 0) is 38.2 Å². The maximum Gasteiger partial charge on any atom is 0.308 e. The van der Waals surface area contributed by atoms with E-state index in [0.717, 1.165) is 30.4 Å². The Bertz CT molecular complexity index is 538. The number of hydrogen-bond acceptors (Lipinski definition) is 3. The van der Waals surface area contributed by atoms with Crippen LogP contribution in [0.3, 0.4) is 0 Å². The molecule has 1 aliphatic rings. The van der Waals surface area contributed by atoms with E-state index in [1.165, 1.54) is 0 Å². The molecule has 1 fully saturated rings. The van der Waals surface area contributed by atoms with Crippen molar-refractivity contribution < 1.29 is 19.4 Å². The molecular weight excluding hydrogens is 294 g/mol. The summed E-state index contributed by atoms with van der Waals surface area (Å²) >= 11 is 0. The lowest BCUT2D eigenvalue weighted by molar-refractivity contribution is -0.141. The van der Waals surface area contributed by atoms with Crippen molar-refractivity contribution in [3.8, 4) is 0 Å². The Morgan fingerprint density at radius 1 is 1.39 bits per heavy atom. The Balaban J connectivity index is 1.82. The Kier molecular flexibility index (Phi) is 6.59. The molecule has 0 spiro atoms. The van der Waals surface area contributed by atoms with Crippen LogP contribution in [-0.2, 0) is 20.7 Å². The fraction of sp³-hybridized carbons (Fsp3) is 0.556. The van der Waals surface area contributed by atoms with Gasteiger partial charge in [-0.1, -0.05) is 29.8 Å². The average Bonchev–Trinajstić information content (AvgIpc) is 2.52. The van der Waals surface area contributed by atoms with Gasteiger partial charge >= 0.3 is 5.97 Å². The second-order valence-corrected chi connectivity index (χ2v) is 6.23. The van der Waals surface area contributed by atoms with E-state index in [0.29, 0.717) is 19.4 Å². The van der Waals surface area contributed by atoms with E-state index in [1.54, 1.807) is 0 Å². The van der Waals surface area contributed by atoms with Crippen molar-refractivity contribution in [1.82, 2.24) is 5.32 Å². The molecule has 2 unspecified atom stereocenters. The molecule has 1 heterocycles. The van der Waals surface area contributed by atoms with Gasteiger partial charge in [0.25, 0.3) is 0 Å². The maximum atomic E-state index is 12.0. The number of nitrogens with one attached hydrogen (secondary N) is 1. The first-order valence-corrected chi connectivity index (χ1v) is 8.21. The molecule has 2 rings (SSSR count). The molecule has 2 atom stereocenters. The summed E-state index contributed by atoms with van der Waals surface area (Å²) in [6, 6.07) is 7.79. The molecule has 0 aromatic heterocycles. The minimum Gasteiger partial charge on any atom is -0.481 e. The monoisotopic (exact) mass is 319 g/mol. The van der Waals surface area contributed by atoms with Gasteiger partial charge < -0.3 is 15.2 Å². The third-order valence-electron chi connectivity index (χ3n) is 4.15.